The van der Waals surface area contributed by atoms with Crippen LogP contribution in [0.1, 0.15) is 15.9 Å². The number of rotatable bonds is 5. The van der Waals surface area contributed by atoms with E-state index in [4.69, 9.17) is 23.7 Å². The van der Waals surface area contributed by atoms with Gasteiger partial charge in [-0.2, -0.15) is 0 Å². The molecule has 2 aromatic carbocycles. The van der Waals surface area contributed by atoms with Crippen molar-refractivity contribution in [3.63, 3.8) is 0 Å². The summed E-state index contributed by atoms with van der Waals surface area (Å²) in [6.45, 7) is -0.556. The van der Waals surface area contributed by atoms with Crippen LogP contribution in [0.25, 0.3) is 0 Å². The van der Waals surface area contributed by atoms with Crippen LogP contribution in [0.2, 0.25) is 0 Å². The molecule has 1 saturated carbocycles. The lowest BCUT2D eigenvalue weighted by atomic mass is 9.82. The SMILES string of the molecule is O=C(O[C@@H]1[C@@H]2OC3O[C@H]([C@@H](O)[C@@H]1O3)[C@@H]2OCc1ccccc1)c1ccccc1. The summed E-state index contributed by atoms with van der Waals surface area (Å²) in [6, 6.07) is 18.4. The standard InChI is InChI=1S/C21H20O7/c22-14-15-17(24-11-12-7-3-1-4-8-12)19-18(16(14)27-21(26-15)28-19)25-20(23)13-9-5-2-6-10-13/h1-10,14-19,21-22H,11H2/t14-,15-,16+,17+,18+,19-,21?/m1/s1. The second kappa shape index (κ2) is 7.27. The maximum absolute atomic E-state index is 12.5. The van der Waals surface area contributed by atoms with E-state index >= 15 is 0 Å². The van der Waals surface area contributed by atoms with Crippen LogP contribution >= 0.6 is 0 Å². The van der Waals surface area contributed by atoms with Gasteiger partial charge in [0.1, 0.15) is 30.5 Å². The number of aliphatic hydroxyl groups is 1. The van der Waals surface area contributed by atoms with Crippen LogP contribution in [-0.4, -0.2) is 54.2 Å². The zero-order valence-corrected chi connectivity index (χ0v) is 14.9. The Hall–Kier alpha value is -2.29. The average molecular weight is 384 g/mol. The van der Waals surface area contributed by atoms with Crippen LogP contribution in [0.3, 0.4) is 0 Å². The van der Waals surface area contributed by atoms with Crippen molar-refractivity contribution in [2.45, 2.75) is 49.7 Å². The molecule has 146 valence electrons. The Morgan fingerprint density at radius 2 is 1.46 bits per heavy atom. The highest BCUT2D eigenvalue weighted by Crippen LogP contribution is 2.42. The van der Waals surface area contributed by atoms with E-state index in [0.717, 1.165) is 5.56 Å². The van der Waals surface area contributed by atoms with Gasteiger partial charge < -0.3 is 28.8 Å². The second-order valence-corrected chi connectivity index (χ2v) is 7.08. The van der Waals surface area contributed by atoms with E-state index in [2.05, 4.69) is 0 Å². The lowest BCUT2D eigenvalue weighted by molar-refractivity contribution is -0.483. The van der Waals surface area contributed by atoms with Gasteiger partial charge in [-0.3, -0.25) is 0 Å². The summed E-state index contributed by atoms with van der Waals surface area (Å²) in [4.78, 5) is 12.5. The van der Waals surface area contributed by atoms with Gasteiger partial charge in [0.15, 0.2) is 6.10 Å². The molecule has 28 heavy (non-hydrogen) atoms. The first kappa shape index (κ1) is 17.8. The van der Waals surface area contributed by atoms with Crippen molar-refractivity contribution < 1.29 is 33.6 Å². The van der Waals surface area contributed by atoms with E-state index in [1.54, 1.807) is 24.3 Å². The number of hydrogen-bond donors (Lipinski definition) is 1. The highest BCUT2D eigenvalue weighted by molar-refractivity contribution is 5.89. The quantitative estimate of drug-likeness (QED) is 0.785. The number of carbonyl (C=O) groups is 1. The van der Waals surface area contributed by atoms with Gasteiger partial charge in [0.2, 0.25) is 0 Å². The summed E-state index contributed by atoms with van der Waals surface area (Å²) in [5, 5.41) is 10.7. The number of carbonyl (C=O) groups excluding carboxylic acids is 1. The lowest BCUT2D eigenvalue weighted by Crippen LogP contribution is -2.76. The molecule has 7 nitrogen and oxygen atoms in total. The maximum Gasteiger partial charge on any atom is 0.338 e. The first-order valence-corrected chi connectivity index (χ1v) is 9.27. The topological polar surface area (TPSA) is 83.5 Å². The van der Waals surface area contributed by atoms with Crippen LogP contribution in [0.5, 0.6) is 0 Å². The maximum atomic E-state index is 12.5. The van der Waals surface area contributed by atoms with Gasteiger partial charge >= 0.3 is 5.97 Å². The molecule has 3 aliphatic heterocycles. The molecule has 0 amide bonds. The fourth-order valence-electron chi connectivity index (χ4n) is 3.94. The summed E-state index contributed by atoms with van der Waals surface area (Å²) in [5.74, 6) is -0.500. The summed E-state index contributed by atoms with van der Waals surface area (Å²) in [7, 11) is 0. The zero-order chi connectivity index (χ0) is 19.1. The van der Waals surface area contributed by atoms with Gasteiger partial charge in [-0.05, 0) is 17.7 Å². The number of ether oxygens (including phenoxy) is 5. The molecule has 4 bridgehead atoms. The van der Waals surface area contributed by atoms with Crippen LogP contribution in [-0.2, 0) is 30.3 Å². The monoisotopic (exact) mass is 384 g/mol. The molecule has 7 heteroatoms. The first-order valence-electron chi connectivity index (χ1n) is 9.27. The lowest BCUT2D eigenvalue weighted by Gasteiger charge is -2.57. The number of aliphatic hydroxyl groups excluding tert-OH is 1. The normalized spacial score (nSPS) is 35.7. The smallest absolute Gasteiger partial charge is 0.338 e. The van der Waals surface area contributed by atoms with Gasteiger partial charge in [0.05, 0.1) is 12.2 Å². The average Bonchev–Trinajstić information content (AvgIpc) is 2.74. The van der Waals surface area contributed by atoms with Crippen molar-refractivity contribution in [1.82, 2.24) is 0 Å². The largest absolute Gasteiger partial charge is 0.453 e. The fourth-order valence-corrected chi connectivity index (χ4v) is 3.94. The van der Waals surface area contributed by atoms with Crippen molar-refractivity contribution in [2.75, 3.05) is 0 Å². The van der Waals surface area contributed by atoms with Crippen LogP contribution in [0.4, 0.5) is 0 Å². The van der Waals surface area contributed by atoms with E-state index < -0.39 is 49.1 Å². The van der Waals surface area contributed by atoms with Gasteiger partial charge in [-0.25, -0.2) is 4.79 Å². The molecule has 0 spiro atoms. The third-order valence-electron chi connectivity index (χ3n) is 5.31. The molecule has 1 N–H and O–H groups in total. The summed E-state index contributed by atoms with van der Waals surface area (Å²) < 4.78 is 28.7. The molecule has 0 radical (unpaired) electrons. The molecule has 0 aromatic heterocycles. The first-order chi connectivity index (χ1) is 13.7. The minimum absolute atomic E-state index is 0.327. The van der Waals surface area contributed by atoms with E-state index in [-0.39, 0.29) is 0 Å². The van der Waals surface area contributed by atoms with E-state index in [9.17, 15) is 9.90 Å². The van der Waals surface area contributed by atoms with E-state index in [0.29, 0.717) is 12.2 Å². The summed E-state index contributed by atoms with van der Waals surface area (Å²) >= 11 is 0. The molecule has 4 aliphatic rings. The van der Waals surface area contributed by atoms with Crippen LogP contribution < -0.4 is 0 Å². The molecule has 3 heterocycles. The Labute approximate surface area is 161 Å². The molecule has 3 saturated heterocycles. The molecule has 1 aliphatic carbocycles. The number of hydrogen-bond acceptors (Lipinski definition) is 7. The Kier molecular flexibility index (Phi) is 4.62. The van der Waals surface area contributed by atoms with E-state index in [1.165, 1.54) is 0 Å². The number of esters is 1. The van der Waals surface area contributed by atoms with Crippen molar-refractivity contribution in [1.29, 1.82) is 0 Å². The number of benzene rings is 2. The Morgan fingerprint density at radius 3 is 2.18 bits per heavy atom. The Morgan fingerprint density at radius 1 is 0.857 bits per heavy atom. The Balaban J connectivity index is 1.35. The highest BCUT2D eigenvalue weighted by atomic mass is 16.9. The zero-order valence-electron chi connectivity index (χ0n) is 14.9. The van der Waals surface area contributed by atoms with Crippen molar-refractivity contribution in [2.24, 2.45) is 0 Å². The minimum atomic E-state index is -0.981. The van der Waals surface area contributed by atoms with Crippen molar-refractivity contribution in [3.8, 4) is 0 Å². The van der Waals surface area contributed by atoms with Gasteiger partial charge in [-0.15, -0.1) is 0 Å². The van der Waals surface area contributed by atoms with Crippen LogP contribution in [0, 0.1) is 0 Å². The van der Waals surface area contributed by atoms with Gasteiger partial charge in [-0.1, -0.05) is 48.5 Å². The summed E-state index contributed by atoms with van der Waals surface area (Å²) in [5.41, 5.74) is 1.41. The van der Waals surface area contributed by atoms with Gasteiger partial charge in [0, 0.05) is 0 Å². The summed E-state index contributed by atoms with van der Waals surface area (Å²) in [6.07, 6.45) is -4.25. The third kappa shape index (κ3) is 3.11. The molecule has 4 fully saturated rings. The molecule has 7 atom stereocenters. The van der Waals surface area contributed by atoms with Crippen molar-refractivity contribution >= 4 is 5.97 Å². The fraction of sp³-hybridized carbons (Fsp3) is 0.381. The Bertz CT molecular complexity index is 827. The van der Waals surface area contributed by atoms with Crippen LogP contribution in [0.15, 0.2) is 60.7 Å². The van der Waals surface area contributed by atoms with Gasteiger partial charge in [0.25, 0.3) is 6.48 Å². The molecular formula is C21H20O7. The second-order valence-electron chi connectivity index (χ2n) is 7.08. The minimum Gasteiger partial charge on any atom is -0.453 e. The third-order valence-corrected chi connectivity index (χ3v) is 5.31. The van der Waals surface area contributed by atoms with E-state index in [1.807, 2.05) is 36.4 Å². The molecule has 1 unspecified atom stereocenters. The predicted octanol–water partition coefficient (Wildman–Crippen LogP) is 1.64. The predicted molar refractivity (Wildman–Crippen MR) is 95.1 cm³/mol. The van der Waals surface area contributed by atoms with Crippen molar-refractivity contribution in [3.05, 3.63) is 71.8 Å². The molecule has 2 aromatic rings. The molecule has 6 rings (SSSR count). The molecular weight excluding hydrogens is 364 g/mol. The highest BCUT2D eigenvalue weighted by Gasteiger charge is 2.63.